The quantitative estimate of drug-likeness (QED) is 0.420. The van der Waals surface area contributed by atoms with E-state index in [0.717, 1.165) is 11.8 Å². The molecule has 0 aliphatic rings. The lowest BCUT2D eigenvalue weighted by Crippen LogP contribution is -2.37. The molecule has 0 saturated carbocycles. The van der Waals surface area contributed by atoms with Crippen molar-refractivity contribution in [3.05, 3.63) is 83.9 Å². The molecule has 3 aromatic rings. The average molecular weight is 442 g/mol. The molecule has 3 rings (SSSR count). The summed E-state index contributed by atoms with van der Waals surface area (Å²) in [5.41, 5.74) is 1.06. The maximum Gasteiger partial charge on any atom is 0.247 e. The molecule has 1 heterocycles. The lowest BCUT2D eigenvalue weighted by molar-refractivity contribution is -0.130. The standard InChI is InChI=1S/C23H21F3N4O2/c1-2-12-29(15-20(31)28-19-10-9-18(24)22(25)23(19)26)21(32)11-8-16-13-27-30(14-16)17-6-4-3-5-7-17/h3-11,13-14H,2,12,15H2,1H3,(H,28,31). The number of aromatic nitrogens is 2. The van der Waals surface area contributed by atoms with E-state index in [9.17, 15) is 22.8 Å². The number of benzene rings is 2. The van der Waals surface area contributed by atoms with E-state index in [1.54, 1.807) is 23.2 Å². The summed E-state index contributed by atoms with van der Waals surface area (Å²) in [6.45, 7) is 1.74. The number of nitrogens with one attached hydrogen (secondary N) is 1. The molecule has 2 amide bonds. The minimum Gasteiger partial charge on any atom is -0.330 e. The van der Waals surface area contributed by atoms with Gasteiger partial charge in [-0.25, -0.2) is 17.9 Å². The Hall–Kier alpha value is -3.88. The van der Waals surface area contributed by atoms with Gasteiger partial charge >= 0.3 is 0 Å². The molecule has 32 heavy (non-hydrogen) atoms. The number of para-hydroxylation sites is 1. The Bertz CT molecular complexity index is 1130. The van der Waals surface area contributed by atoms with Gasteiger partial charge in [-0.15, -0.1) is 0 Å². The van der Waals surface area contributed by atoms with Crippen molar-refractivity contribution in [2.45, 2.75) is 13.3 Å². The van der Waals surface area contributed by atoms with Crippen molar-refractivity contribution in [3.63, 3.8) is 0 Å². The third kappa shape index (κ3) is 5.63. The molecule has 0 aliphatic heterocycles. The first-order chi connectivity index (χ1) is 15.4. The predicted molar refractivity (Wildman–Crippen MR) is 114 cm³/mol. The van der Waals surface area contributed by atoms with E-state index < -0.39 is 35.0 Å². The molecule has 0 atom stereocenters. The van der Waals surface area contributed by atoms with Crippen LogP contribution in [0.1, 0.15) is 18.9 Å². The van der Waals surface area contributed by atoms with E-state index in [1.165, 1.54) is 11.0 Å². The van der Waals surface area contributed by atoms with Gasteiger partial charge in [-0.05, 0) is 36.8 Å². The lowest BCUT2D eigenvalue weighted by Gasteiger charge is -2.20. The number of nitrogens with zero attached hydrogens (tertiary/aromatic N) is 3. The van der Waals surface area contributed by atoms with Crippen molar-refractivity contribution in [1.29, 1.82) is 0 Å². The summed E-state index contributed by atoms with van der Waals surface area (Å²) in [6.07, 6.45) is 6.82. The average Bonchev–Trinajstić information content (AvgIpc) is 3.27. The van der Waals surface area contributed by atoms with Crippen LogP contribution < -0.4 is 5.32 Å². The lowest BCUT2D eigenvalue weighted by atomic mass is 10.2. The van der Waals surface area contributed by atoms with Crippen LogP contribution in [0.3, 0.4) is 0 Å². The number of carbonyl (C=O) groups is 2. The third-order valence-corrected chi connectivity index (χ3v) is 4.49. The number of rotatable bonds is 8. The number of hydrogen-bond donors (Lipinski definition) is 1. The first-order valence-corrected chi connectivity index (χ1v) is 9.89. The van der Waals surface area contributed by atoms with Crippen molar-refractivity contribution >= 4 is 23.6 Å². The highest BCUT2D eigenvalue weighted by Gasteiger charge is 2.18. The fourth-order valence-electron chi connectivity index (χ4n) is 2.94. The highest BCUT2D eigenvalue weighted by atomic mass is 19.2. The normalized spacial score (nSPS) is 11.0. The monoisotopic (exact) mass is 442 g/mol. The summed E-state index contributed by atoms with van der Waals surface area (Å²) in [7, 11) is 0. The molecule has 0 spiro atoms. The van der Waals surface area contributed by atoms with Crippen LogP contribution in [0.25, 0.3) is 11.8 Å². The molecular weight excluding hydrogens is 421 g/mol. The van der Waals surface area contributed by atoms with Gasteiger partial charge in [-0.1, -0.05) is 25.1 Å². The zero-order valence-corrected chi connectivity index (χ0v) is 17.3. The second kappa shape index (κ2) is 10.4. The molecule has 1 aromatic heterocycles. The fourth-order valence-corrected chi connectivity index (χ4v) is 2.94. The zero-order valence-electron chi connectivity index (χ0n) is 17.3. The van der Waals surface area contributed by atoms with Crippen LogP contribution in [0.15, 0.2) is 60.9 Å². The molecule has 0 aliphatic carbocycles. The molecule has 6 nitrogen and oxygen atoms in total. The minimum atomic E-state index is -1.68. The van der Waals surface area contributed by atoms with Crippen LogP contribution in [0.2, 0.25) is 0 Å². The molecule has 0 radical (unpaired) electrons. The number of halogens is 3. The Morgan fingerprint density at radius 1 is 1.09 bits per heavy atom. The molecular formula is C23H21F3N4O2. The Balaban J connectivity index is 1.65. The summed E-state index contributed by atoms with van der Waals surface area (Å²) in [6, 6.07) is 11.1. The van der Waals surface area contributed by atoms with Crippen LogP contribution in [0.4, 0.5) is 18.9 Å². The van der Waals surface area contributed by atoms with Gasteiger partial charge in [0.05, 0.1) is 17.6 Å². The van der Waals surface area contributed by atoms with Crippen molar-refractivity contribution < 1.29 is 22.8 Å². The van der Waals surface area contributed by atoms with Crippen molar-refractivity contribution in [3.8, 4) is 5.69 Å². The summed E-state index contributed by atoms with van der Waals surface area (Å²) in [4.78, 5) is 26.1. The molecule has 1 N–H and O–H groups in total. The van der Waals surface area contributed by atoms with E-state index in [4.69, 9.17) is 0 Å². The summed E-state index contributed by atoms with van der Waals surface area (Å²) < 4.78 is 41.8. The Labute approximate surface area is 183 Å². The van der Waals surface area contributed by atoms with Gasteiger partial charge in [0.1, 0.15) is 6.54 Å². The predicted octanol–water partition coefficient (Wildman–Crippen LogP) is 4.18. The molecule has 0 saturated heterocycles. The van der Waals surface area contributed by atoms with E-state index >= 15 is 0 Å². The molecule has 0 bridgehead atoms. The summed E-state index contributed by atoms with van der Waals surface area (Å²) in [5.74, 6) is -5.70. The van der Waals surface area contributed by atoms with Gasteiger partial charge < -0.3 is 10.2 Å². The fraction of sp³-hybridized carbons (Fsp3) is 0.174. The van der Waals surface area contributed by atoms with E-state index in [0.29, 0.717) is 18.1 Å². The number of anilines is 1. The highest BCUT2D eigenvalue weighted by Crippen LogP contribution is 2.19. The molecule has 2 aromatic carbocycles. The van der Waals surface area contributed by atoms with Crippen LogP contribution in [-0.4, -0.2) is 39.6 Å². The summed E-state index contributed by atoms with van der Waals surface area (Å²) >= 11 is 0. The zero-order chi connectivity index (χ0) is 23.1. The first-order valence-electron chi connectivity index (χ1n) is 9.89. The van der Waals surface area contributed by atoms with E-state index in [-0.39, 0.29) is 13.1 Å². The Morgan fingerprint density at radius 2 is 1.84 bits per heavy atom. The number of hydrogen-bond acceptors (Lipinski definition) is 3. The van der Waals surface area contributed by atoms with Crippen LogP contribution in [-0.2, 0) is 9.59 Å². The van der Waals surface area contributed by atoms with Crippen molar-refractivity contribution in [2.75, 3.05) is 18.4 Å². The van der Waals surface area contributed by atoms with E-state index in [2.05, 4.69) is 10.4 Å². The highest BCUT2D eigenvalue weighted by molar-refractivity contribution is 5.98. The summed E-state index contributed by atoms with van der Waals surface area (Å²) in [5, 5.41) is 6.41. The molecule has 0 fully saturated rings. The van der Waals surface area contributed by atoms with Crippen molar-refractivity contribution in [1.82, 2.24) is 14.7 Å². The third-order valence-electron chi connectivity index (χ3n) is 4.49. The number of carbonyl (C=O) groups excluding carboxylic acids is 2. The van der Waals surface area contributed by atoms with Crippen LogP contribution >= 0.6 is 0 Å². The Morgan fingerprint density at radius 3 is 2.56 bits per heavy atom. The van der Waals surface area contributed by atoms with Gasteiger partial charge in [0.2, 0.25) is 11.8 Å². The second-order valence-electron chi connectivity index (χ2n) is 6.92. The maximum atomic E-state index is 13.8. The van der Waals surface area contributed by atoms with Gasteiger partial charge in [-0.3, -0.25) is 9.59 Å². The minimum absolute atomic E-state index is 0.278. The molecule has 9 heteroatoms. The Kier molecular flexibility index (Phi) is 7.43. The van der Waals surface area contributed by atoms with E-state index in [1.807, 2.05) is 37.3 Å². The molecule has 0 unspecified atom stereocenters. The smallest absolute Gasteiger partial charge is 0.247 e. The first kappa shape index (κ1) is 22.8. The van der Waals surface area contributed by atoms with Crippen LogP contribution in [0.5, 0.6) is 0 Å². The SMILES string of the molecule is CCCN(CC(=O)Nc1ccc(F)c(F)c1F)C(=O)C=Cc1cnn(-c2ccccc2)c1. The largest absolute Gasteiger partial charge is 0.330 e. The second-order valence-corrected chi connectivity index (χ2v) is 6.92. The maximum absolute atomic E-state index is 13.8. The molecule has 166 valence electrons. The van der Waals surface area contributed by atoms with Gasteiger partial charge in [-0.2, -0.15) is 5.10 Å². The number of amides is 2. The van der Waals surface area contributed by atoms with Gasteiger partial charge in [0, 0.05) is 24.4 Å². The van der Waals surface area contributed by atoms with Gasteiger partial charge in [0.15, 0.2) is 17.5 Å². The van der Waals surface area contributed by atoms with Crippen LogP contribution in [0, 0.1) is 17.5 Å². The topological polar surface area (TPSA) is 67.2 Å². The van der Waals surface area contributed by atoms with Crippen molar-refractivity contribution in [2.24, 2.45) is 0 Å². The van der Waals surface area contributed by atoms with Gasteiger partial charge in [0.25, 0.3) is 0 Å².